The summed E-state index contributed by atoms with van der Waals surface area (Å²) < 4.78 is 0. The standard InChI is InChI=1S/C9H11NOS/c11-6-10-8-2-1-3-9-7(8)4-5-12-9/h4-6,8H,1-3H2,(H,10,11). The summed E-state index contributed by atoms with van der Waals surface area (Å²) in [6.45, 7) is 0. The van der Waals surface area contributed by atoms with Crippen LogP contribution in [0.15, 0.2) is 11.4 Å². The maximum atomic E-state index is 10.3. The number of fused-ring (bicyclic) bond motifs is 1. The molecule has 1 heterocycles. The van der Waals surface area contributed by atoms with Crippen molar-refractivity contribution >= 4 is 17.7 Å². The van der Waals surface area contributed by atoms with Crippen molar-refractivity contribution in [2.75, 3.05) is 0 Å². The minimum absolute atomic E-state index is 0.275. The van der Waals surface area contributed by atoms with E-state index in [2.05, 4.69) is 16.8 Å². The summed E-state index contributed by atoms with van der Waals surface area (Å²) >= 11 is 1.80. The summed E-state index contributed by atoms with van der Waals surface area (Å²) in [6, 6.07) is 2.40. The molecule has 1 aromatic heterocycles. The minimum atomic E-state index is 0.275. The highest BCUT2D eigenvalue weighted by atomic mass is 32.1. The first-order valence-corrected chi connectivity index (χ1v) is 5.06. The van der Waals surface area contributed by atoms with Crippen LogP contribution < -0.4 is 5.32 Å². The van der Waals surface area contributed by atoms with Gasteiger partial charge >= 0.3 is 0 Å². The van der Waals surface area contributed by atoms with E-state index in [4.69, 9.17) is 0 Å². The van der Waals surface area contributed by atoms with Gasteiger partial charge in [0.05, 0.1) is 6.04 Å². The molecule has 0 fully saturated rings. The van der Waals surface area contributed by atoms with E-state index in [1.165, 1.54) is 23.3 Å². The third kappa shape index (κ3) is 1.25. The molecular formula is C9H11NOS. The average Bonchev–Trinajstić information content (AvgIpc) is 2.53. The lowest BCUT2D eigenvalue weighted by molar-refractivity contribution is -0.110. The Morgan fingerprint density at radius 1 is 1.67 bits per heavy atom. The van der Waals surface area contributed by atoms with Crippen molar-refractivity contribution in [1.82, 2.24) is 5.32 Å². The van der Waals surface area contributed by atoms with Crippen molar-refractivity contribution in [3.8, 4) is 0 Å². The predicted octanol–water partition coefficient (Wildman–Crippen LogP) is 1.87. The van der Waals surface area contributed by atoms with Gasteiger partial charge < -0.3 is 5.32 Å². The van der Waals surface area contributed by atoms with Crippen LogP contribution in [-0.4, -0.2) is 6.41 Å². The van der Waals surface area contributed by atoms with E-state index >= 15 is 0 Å². The molecule has 0 bridgehead atoms. The van der Waals surface area contributed by atoms with Gasteiger partial charge in [-0.05, 0) is 36.3 Å². The fraction of sp³-hybridized carbons (Fsp3) is 0.444. The van der Waals surface area contributed by atoms with Gasteiger partial charge in [-0.3, -0.25) is 4.79 Å². The third-order valence-electron chi connectivity index (χ3n) is 2.32. The van der Waals surface area contributed by atoms with Gasteiger partial charge in [0.25, 0.3) is 0 Å². The lowest BCUT2D eigenvalue weighted by Crippen LogP contribution is -2.22. The zero-order valence-corrected chi connectivity index (χ0v) is 7.56. The molecule has 1 aliphatic rings. The van der Waals surface area contributed by atoms with E-state index in [1.54, 1.807) is 11.3 Å². The van der Waals surface area contributed by atoms with Crippen LogP contribution in [0.3, 0.4) is 0 Å². The molecule has 0 aliphatic heterocycles. The average molecular weight is 181 g/mol. The summed E-state index contributed by atoms with van der Waals surface area (Å²) in [6.07, 6.45) is 4.27. The Kier molecular flexibility index (Phi) is 2.13. The van der Waals surface area contributed by atoms with Gasteiger partial charge in [-0.2, -0.15) is 0 Å². The number of hydrogen-bond acceptors (Lipinski definition) is 2. The molecule has 3 heteroatoms. The second kappa shape index (κ2) is 3.27. The van der Waals surface area contributed by atoms with Crippen molar-refractivity contribution in [1.29, 1.82) is 0 Å². The monoisotopic (exact) mass is 181 g/mol. The third-order valence-corrected chi connectivity index (χ3v) is 3.32. The molecular weight excluding hydrogens is 170 g/mol. The number of carbonyl (C=O) groups is 1. The zero-order valence-electron chi connectivity index (χ0n) is 6.75. The van der Waals surface area contributed by atoms with Crippen LogP contribution in [0.4, 0.5) is 0 Å². The van der Waals surface area contributed by atoms with Gasteiger partial charge in [0, 0.05) is 4.88 Å². The Balaban J connectivity index is 2.25. The van der Waals surface area contributed by atoms with Crippen LogP contribution in [-0.2, 0) is 11.2 Å². The molecule has 64 valence electrons. The van der Waals surface area contributed by atoms with E-state index in [0.29, 0.717) is 0 Å². The molecule has 0 saturated carbocycles. The van der Waals surface area contributed by atoms with Crippen LogP contribution in [0.1, 0.15) is 29.3 Å². The molecule has 2 rings (SSSR count). The van der Waals surface area contributed by atoms with Crippen LogP contribution in [0, 0.1) is 0 Å². The Hall–Kier alpha value is -0.830. The quantitative estimate of drug-likeness (QED) is 0.693. The number of hydrogen-bond donors (Lipinski definition) is 1. The maximum Gasteiger partial charge on any atom is 0.207 e. The fourth-order valence-corrected chi connectivity index (χ4v) is 2.73. The largest absolute Gasteiger partial charge is 0.352 e. The number of amides is 1. The Bertz CT molecular complexity index is 282. The van der Waals surface area contributed by atoms with E-state index in [-0.39, 0.29) is 6.04 Å². The molecule has 1 atom stereocenters. The number of aryl methyl sites for hydroxylation is 1. The molecule has 0 saturated heterocycles. The lowest BCUT2D eigenvalue weighted by atomic mass is 9.94. The van der Waals surface area contributed by atoms with Gasteiger partial charge in [-0.15, -0.1) is 11.3 Å². The lowest BCUT2D eigenvalue weighted by Gasteiger charge is -2.21. The smallest absolute Gasteiger partial charge is 0.207 e. The molecule has 0 spiro atoms. The van der Waals surface area contributed by atoms with Gasteiger partial charge in [-0.25, -0.2) is 0 Å². The Labute approximate surface area is 75.6 Å². The number of rotatable bonds is 2. The summed E-state index contributed by atoms with van der Waals surface area (Å²) in [5.74, 6) is 0. The topological polar surface area (TPSA) is 29.1 Å². The summed E-state index contributed by atoms with van der Waals surface area (Å²) in [4.78, 5) is 11.7. The van der Waals surface area contributed by atoms with Crippen molar-refractivity contribution in [3.05, 3.63) is 21.9 Å². The maximum absolute atomic E-state index is 10.3. The first kappa shape index (κ1) is 7.80. The first-order chi connectivity index (χ1) is 5.92. The molecule has 1 aliphatic carbocycles. The highest BCUT2D eigenvalue weighted by Gasteiger charge is 2.19. The number of carbonyl (C=O) groups excluding carboxylic acids is 1. The zero-order chi connectivity index (χ0) is 8.39. The number of thiophene rings is 1. The van der Waals surface area contributed by atoms with Crippen molar-refractivity contribution in [2.45, 2.75) is 25.3 Å². The summed E-state index contributed by atoms with van der Waals surface area (Å²) in [7, 11) is 0. The second-order valence-corrected chi connectivity index (χ2v) is 4.03. The predicted molar refractivity (Wildman–Crippen MR) is 49.2 cm³/mol. The Morgan fingerprint density at radius 3 is 3.42 bits per heavy atom. The van der Waals surface area contributed by atoms with Crippen LogP contribution in [0.2, 0.25) is 0 Å². The second-order valence-electron chi connectivity index (χ2n) is 3.03. The highest BCUT2D eigenvalue weighted by Crippen LogP contribution is 2.32. The van der Waals surface area contributed by atoms with Crippen LogP contribution in [0.25, 0.3) is 0 Å². The van der Waals surface area contributed by atoms with E-state index in [9.17, 15) is 4.79 Å². The number of nitrogens with one attached hydrogen (secondary N) is 1. The van der Waals surface area contributed by atoms with E-state index < -0.39 is 0 Å². The van der Waals surface area contributed by atoms with Crippen LogP contribution in [0.5, 0.6) is 0 Å². The summed E-state index contributed by atoms with van der Waals surface area (Å²) in [5.41, 5.74) is 1.33. The molecule has 1 amide bonds. The van der Waals surface area contributed by atoms with Crippen LogP contribution >= 0.6 is 11.3 Å². The molecule has 1 unspecified atom stereocenters. The molecule has 1 aromatic rings. The molecule has 0 aromatic carbocycles. The van der Waals surface area contributed by atoms with Gasteiger partial charge in [0.2, 0.25) is 6.41 Å². The first-order valence-electron chi connectivity index (χ1n) is 4.18. The fourth-order valence-electron chi connectivity index (χ4n) is 1.74. The highest BCUT2D eigenvalue weighted by molar-refractivity contribution is 7.10. The van der Waals surface area contributed by atoms with Gasteiger partial charge in [0.1, 0.15) is 0 Å². The molecule has 0 radical (unpaired) electrons. The Morgan fingerprint density at radius 2 is 2.58 bits per heavy atom. The molecule has 2 nitrogen and oxygen atoms in total. The van der Waals surface area contributed by atoms with Crippen molar-refractivity contribution in [2.24, 2.45) is 0 Å². The van der Waals surface area contributed by atoms with E-state index in [1.807, 2.05) is 0 Å². The van der Waals surface area contributed by atoms with Gasteiger partial charge in [0.15, 0.2) is 0 Å². The summed E-state index contributed by atoms with van der Waals surface area (Å²) in [5, 5.41) is 4.96. The van der Waals surface area contributed by atoms with Crippen molar-refractivity contribution in [3.63, 3.8) is 0 Å². The van der Waals surface area contributed by atoms with E-state index in [0.717, 1.165) is 12.8 Å². The van der Waals surface area contributed by atoms with Crippen molar-refractivity contribution < 1.29 is 4.79 Å². The molecule has 12 heavy (non-hydrogen) atoms. The van der Waals surface area contributed by atoms with Gasteiger partial charge in [-0.1, -0.05) is 0 Å². The normalized spacial score (nSPS) is 21.5. The molecule has 1 N–H and O–H groups in total. The SMILES string of the molecule is O=CNC1CCCc2sccc21. The minimum Gasteiger partial charge on any atom is -0.352 e.